The number of ether oxygens (including phenoxy) is 3. The van der Waals surface area contributed by atoms with Crippen LogP contribution in [0.1, 0.15) is 29.3 Å². The molecule has 1 heterocycles. The van der Waals surface area contributed by atoms with Crippen LogP contribution in [0.4, 0.5) is 0 Å². The summed E-state index contributed by atoms with van der Waals surface area (Å²) in [6, 6.07) is 8.50. The Morgan fingerprint density at radius 2 is 1.88 bits per heavy atom. The van der Waals surface area contributed by atoms with E-state index < -0.39 is 23.1 Å². The number of ketones is 2. The van der Waals surface area contributed by atoms with Gasteiger partial charge in [-0.05, 0) is 30.5 Å². The molecule has 0 aromatic heterocycles. The molecule has 7 nitrogen and oxygen atoms in total. The molecule has 8 heteroatoms. The molecule has 2 aromatic carbocycles. The molecule has 0 fully saturated rings. The number of carbonyl (C=O) groups excluding carboxylic acids is 2. The summed E-state index contributed by atoms with van der Waals surface area (Å²) in [4.78, 5) is 26.7. The lowest BCUT2D eigenvalue weighted by atomic mass is 9.74. The summed E-state index contributed by atoms with van der Waals surface area (Å²) in [6.45, 7) is 2.42. The highest BCUT2D eigenvalue weighted by Gasteiger charge is 2.60. The second-order valence-corrected chi connectivity index (χ2v) is 8.33. The topological polar surface area (TPSA) is 94.1 Å². The van der Waals surface area contributed by atoms with Crippen molar-refractivity contribution in [1.29, 1.82) is 0 Å². The molecule has 2 unspecified atom stereocenters. The number of carbonyl (C=O) groups is 2. The van der Waals surface area contributed by atoms with Crippen molar-refractivity contribution in [2.45, 2.75) is 25.4 Å². The summed E-state index contributed by atoms with van der Waals surface area (Å²) in [5.41, 5.74) is 0.293. The molecular formula is C24H24ClNO6. The summed E-state index contributed by atoms with van der Waals surface area (Å²) in [6.07, 6.45) is 2.62. The number of rotatable bonds is 6. The van der Waals surface area contributed by atoms with E-state index in [-0.39, 0.29) is 27.8 Å². The van der Waals surface area contributed by atoms with Crippen LogP contribution in [0.5, 0.6) is 23.0 Å². The Kier molecular flexibility index (Phi) is 5.77. The van der Waals surface area contributed by atoms with Gasteiger partial charge < -0.3 is 24.6 Å². The molecule has 0 bridgehead atoms. The molecular weight excluding hydrogens is 434 g/mol. The summed E-state index contributed by atoms with van der Waals surface area (Å²) < 4.78 is 16.7. The van der Waals surface area contributed by atoms with E-state index in [1.807, 2.05) is 19.1 Å². The normalized spacial score (nSPS) is 21.8. The van der Waals surface area contributed by atoms with Gasteiger partial charge in [0.1, 0.15) is 27.8 Å². The van der Waals surface area contributed by atoms with Crippen LogP contribution < -0.4 is 19.5 Å². The van der Waals surface area contributed by atoms with E-state index in [0.29, 0.717) is 18.7 Å². The third-order valence-corrected chi connectivity index (χ3v) is 6.37. The van der Waals surface area contributed by atoms with Crippen molar-refractivity contribution in [2.24, 2.45) is 5.92 Å². The molecule has 2 atom stereocenters. The van der Waals surface area contributed by atoms with Gasteiger partial charge in [-0.25, -0.2) is 0 Å². The van der Waals surface area contributed by atoms with Gasteiger partial charge in [0.2, 0.25) is 17.2 Å². The molecule has 2 aromatic rings. The molecule has 4 rings (SSSR count). The van der Waals surface area contributed by atoms with Gasteiger partial charge in [-0.15, -0.1) is 0 Å². The predicted molar refractivity (Wildman–Crippen MR) is 119 cm³/mol. The Bertz CT molecular complexity index is 1110. The number of hydrogen-bond acceptors (Lipinski definition) is 7. The second kappa shape index (κ2) is 8.39. The Morgan fingerprint density at radius 1 is 1.19 bits per heavy atom. The first-order valence-corrected chi connectivity index (χ1v) is 10.6. The monoisotopic (exact) mass is 457 g/mol. The fourth-order valence-corrected chi connectivity index (χ4v) is 4.55. The lowest BCUT2D eigenvalue weighted by molar-refractivity contribution is -0.129. The molecule has 0 amide bonds. The van der Waals surface area contributed by atoms with Gasteiger partial charge in [-0.3, -0.25) is 9.59 Å². The molecule has 2 N–H and O–H groups in total. The third kappa shape index (κ3) is 3.46. The van der Waals surface area contributed by atoms with Crippen LogP contribution >= 0.6 is 11.6 Å². The second-order valence-electron chi connectivity index (χ2n) is 7.95. The minimum absolute atomic E-state index is 0.116. The fourth-order valence-electron chi connectivity index (χ4n) is 4.28. The van der Waals surface area contributed by atoms with Gasteiger partial charge >= 0.3 is 0 Å². The number of hydrogen-bond donors (Lipinski definition) is 2. The van der Waals surface area contributed by atoms with Gasteiger partial charge in [-0.1, -0.05) is 30.7 Å². The van der Waals surface area contributed by atoms with Crippen LogP contribution in [0.25, 0.3) is 0 Å². The molecule has 32 heavy (non-hydrogen) atoms. The molecule has 2 aliphatic rings. The van der Waals surface area contributed by atoms with Gasteiger partial charge in [0, 0.05) is 30.3 Å². The first-order chi connectivity index (χ1) is 15.3. The fraction of sp³-hybridized carbons (Fsp3) is 0.333. The molecule has 0 saturated heterocycles. The number of allylic oxidation sites excluding steroid dienone is 1. The molecule has 1 spiro atoms. The van der Waals surface area contributed by atoms with E-state index in [2.05, 4.69) is 5.32 Å². The first-order valence-electron chi connectivity index (χ1n) is 10.3. The van der Waals surface area contributed by atoms with Crippen LogP contribution in [0.3, 0.4) is 0 Å². The number of Topliss-reactive ketones (excluding diaryl/α,β-unsaturated/α-hetero) is 1. The molecule has 1 aliphatic heterocycles. The number of phenolic OH excluding ortho intramolecular Hbond substituents is 1. The van der Waals surface area contributed by atoms with Crippen molar-refractivity contribution < 1.29 is 28.9 Å². The summed E-state index contributed by atoms with van der Waals surface area (Å²) in [5.74, 6) is -0.418. The Hall–Kier alpha value is -3.19. The number of methoxy groups -OCH3 is 2. The quantitative estimate of drug-likeness (QED) is 0.638. The van der Waals surface area contributed by atoms with Crippen LogP contribution in [0.2, 0.25) is 5.02 Å². The molecule has 1 aliphatic carbocycles. The summed E-state index contributed by atoms with van der Waals surface area (Å²) in [5, 5.41) is 12.8. The SMILES string of the molecule is COc1cc(OC)c2c(c1Cl)OC1(C(=O)C=C(NCCc3ccc(O)cc3)CC1C)C2=O. The Balaban J connectivity index is 1.56. The summed E-state index contributed by atoms with van der Waals surface area (Å²) in [7, 11) is 2.89. The zero-order valence-corrected chi connectivity index (χ0v) is 18.8. The maximum atomic E-state index is 13.5. The number of nitrogens with one attached hydrogen (secondary N) is 1. The van der Waals surface area contributed by atoms with Gasteiger partial charge in [-0.2, -0.15) is 0 Å². The molecule has 168 valence electrons. The standard InChI is InChI=1S/C24H24ClNO6/c1-13-10-15(26-9-8-14-4-6-16(27)7-5-14)11-19(28)24(13)23(29)20-17(30-2)12-18(31-3)21(25)22(20)32-24/h4-7,11-13,26-27H,8-10H2,1-3H3. The highest BCUT2D eigenvalue weighted by atomic mass is 35.5. The average molecular weight is 458 g/mol. The zero-order valence-electron chi connectivity index (χ0n) is 18.0. The lowest BCUT2D eigenvalue weighted by Crippen LogP contribution is -2.55. The van der Waals surface area contributed by atoms with E-state index in [9.17, 15) is 14.7 Å². The largest absolute Gasteiger partial charge is 0.508 e. The Morgan fingerprint density at radius 3 is 2.50 bits per heavy atom. The predicted octanol–water partition coefficient (Wildman–Crippen LogP) is 3.70. The van der Waals surface area contributed by atoms with Crippen molar-refractivity contribution in [1.82, 2.24) is 5.32 Å². The highest BCUT2D eigenvalue weighted by Crippen LogP contribution is 2.52. The van der Waals surface area contributed by atoms with E-state index in [0.717, 1.165) is 17.7 Å². The lowest BCUT2D eigenvalue weighted by Gasteiger charge is -2.35. The van der Waals surface area contributed by atoms with E-state index in [4.69, 9.17) is 25.8 Å². The minimum Gasteiger partial charge on any atom is -0.508 e. The molecule has 0 radical (unpaired) electrons. The van der Waals surface area contributed by atoms with E-state index >= 15 is 0 Å². The van der Waals surface area contributed by atoms with E-state index in [1.165, 1.54) is 26.4 Å². The highest BCUT2D eigenvalue weighted by molar-refractivity contribution is 6.36. The van der Waals surface area contributed by atoms with Gasteiger partial charge in [0.15, 0.2) is 5.75 Å². The number of aromatic hydroxyl groups is 1. The number of halogens is 1. The van der Waals surface area contributed by atoms with Crippen LogP contribution in [-0.2, 0) is 11.2 Å². The summed E-state index contributed by atoms with van der Waals surface area (Å²) >= 11 is 6.40. The number of phenols is 1. The Labute approximate surface area is 190 Å². The van der Waals surface area contributed by atoms with Crippen molar-refractivity contribution >= 4 is 23.2 Å². The molecule has 0 saturated carbocycles. The van der Waals surface area contributed by atoms with Crippen LogP contribution in [0.15, 0.2) is 42.1 Å². The maximum absolute atomic E-state index is 13.5. The minimum atomic E-state index is -1.67. The van der Waals surface area contributed by atoms with Crippen molar-refractivity contribution in [2.75, 3.05) is 20.8 Å². The number of benzene rings is 2. The van der Waals surface area contributed by atoms with Crippen molar-refractivity contribution in [3.63, 3.8) is 0 Å². The average Bonchev–Trinajstić information content (AvgIpc) is 3.09. The van der Waals surface area contributed by atoms with Gasteiger partial charge in [0.25, 0.3) is 0 Å². The van der Waals surface area contributed by atoms with Crippen LogP contribution in [0, 0.1) is 5.92 Å². The number of fused-ring (bicyclic) bond motifs is 1. The third-order valence-electron chi connectivity index (χ3n) is 6.01. The first kappa shape index (κ1) is 22.0. The smallest absolute Gasteiger partial charge is 0.236 e. The van der Waals surface area contributed by atoms with E-state index in [1.54, 1.807) is 12.1 Å². The maximum Gasteiger partial charge on any atom is 0.236 e. The zero-order chi connectivity index (χ0) is 23.0. The van der Waals surface area contributed by atoms with Crippen molar-refractivity contribution in [3.05, 3.63) is 58.3 Å². The van der Waals surface area contributed by atoms with Crippen LogP contribution in [-0.4, -0.2) is 43.0 Å². The van der Waals surface area contributed by atoms with Gasteiger partial charge in [0.05, 0.1) is 14.2 Å². The van der Waals surface area contributed by atoms with Crippen molar-refractivity contribution in [3.8, 4) is 23.0 Å².